The number of hydrogen-bond acceptors (Lipinski definition) is 7. The molecule has 8 nitrogen and oxygen atoms in total. The van der Waals surface area contributed by atoms with Crippen molar-refractivity contribution < 1.29 is 38.2 Å². The van der Waals surface area contributed by atoms with Gasteiger partial charge in [0.05, 0.1) is 40.3 Å². The third-order valence-corrected chi connectivity index (χ3v) is 9.67. The largest absolute Gasteiger partial charge is 0.544 e. The average Bonchev–Trinajstić information content (AvgIpc) is 3.08. The van der Waals surface area contributed by atoms with Crippen LogP contribution in [-0.4, -0.2) is 75.5 Å². The van der Waals surface area contributed by atoms with E-state index in [1.54, 1.807) is 21.1 Å². The minimum Gasteiger partial charge on any atom is -0.544 e. The molecule has 0 saturated heterocycles. The summed E-state index contributed by atoms with van der Waals surface area (Å²) in [6.07, 6.45) is 35.5. The molecule has 0 aliphatic rings. The Hall–Kier alpha value is -1.93. The number of allylic oxidation sites excluding steroid dienone is 2. The van der Waals surface area contributed by atoms with Gasteiger partial charge in [-0.2, -0.15) is 0 Å². The molecule has 2 unspecified atom stereocenters. The predicted molar refractivity (Wildman–Crippen MR) is 208 cm³/mol. The van der Waals surface area contributed by atoms with Gasteiger partial charge in [0.15, 0.2) is 6.10 Å². The van der Waals surface area contributed by atoms with Gasteiger partial charge in [-0.25, -0.2) is 0 Å². The number of carboxylic acid groups (broad SMARTS) is 1. The average molecular weight is 724 g/mol. The Morgan fingerprint density at radius 2 is 1.02 bits per heavy atom. The molecule has 300 valence electrons. The van der Waals surface area contributed by atoms with E-state index in [1.165, 1.54) is 122 Å². The Morgan fingerprint density at radius 3 is 1.49 bits per heavy atom. The highest BCUT2D eigenvalue weighted by Gasteiger charge is 2.25. The lowest BCUT2D eigenvalue weighted by atomic mass is 10.0. The number of likely N-dealkylation sites (N-methyl/N-ethyl adjacent to an activating group) is 1. The van der Waals surface area contributed by atoms with E-state index < -0.39 is 18.1 Å². The van der Waals surface area contributed by atoms with E-state index in [9.17, 15) is 19.5 Å². The van der Waals surface area contributed by atoms with Gasteiger partial charge in [0.2, 0.25) is 0 Å². The van der Waals surface area contributed by atoms with Crippen molar-refractivity contribution in [1.29, 1.82) is 0 Å². The van der Waals surface area contributed by atoms with E-state index in [-0.39, 0.29) is 49.1 Å². The number of aliphatic carboxylic acids is 1. The third kappa shape index (κ3) is 33.6. The molecular weight excluding hydrogens is 642 g/mol. The number of quaternary nitrogens is 1. The first kappa shape index (κ1) is 49.1. The maximum absolute atomic E-state index is 12.6. The summed E-state index contributed by atoms with van der Waals surface area (Å²) in [7, 11) is 5.39. The van der Waals surface area contributed by atoms with Crippen molar-refractivity contribution in [3.63, 3.8) is 0 Å². The lowest BCUT2D eigenvalue weighted by molar-refractivity contribution is -0.889. The lowest BCUT2D eigenvalue weighted by Gasteiger charge is -2.34. The first-order chi connectivity index (χ1) is 24.6. The molecule has 0 aromatic rings. The molecule has 0 spiro atoms. The summed E-state index contributed by atoms with van der Waals surface area (Å²) in [5.41, 5.74) is 0. The number of nitrogens with zero attached hydrogens (tertiary/aromatic N) is 1. The number of hydrogen-bond donors (Lipinski definition) is 0. The third-order valence-electron chi connectivity index (χ3n) is 9.67. The van der Waals surface area contributed by atoms with Crippen molar-refractivity contribution in [3.05, 3.63) is 12.2 Å². The first-order valence-corrected chi connectivity index (χ1v) is 21.2. The normalized spacial score (nSPS) is 13.0. The van der Waals surface area contributed by atoms with Crippen molar-refractivity contribution in [2.45, 2.75) is 206 Å². The van der Waals surface area contributed by atoms with E-state index in [2.05, 4.69) is 19.9 Å². The Labute approximate surface area is 314 Å². The molecule has 0 saturated carbocycles. The second-order valence-electron chi connectivity index (χ2n) is 15.6. The molecule has 0 heterocycles. The van der Waals surface area contributed by atoms with Crippen LogP contribution in [0.3, 0.4) is 0 Å². The van der Waals surface area contributed by atoms with Crippen LogP contribution in [0.2, 0.25) is 0 Å². The number of carbonyl (C=O) groups is 3. The van der Waals surface area contributed by atoms with Crippen molar-refractivity contribution in [2.24, 2.45) is 0 Å². The molecule has 0 fully saturated rings. The van der Waals surface area contributed by atoms with E-state index in [1.807, 2.05) is 6.08 Å². The van der Waals surface area contributed by atoms with E-state index >= 15 is 0 Å². The van der Waals surface area contributed by atoms with Crippen molar-refractivity contribution in [3.8, 4) is 0 Å². The van der Waals surface area contributed by atoms with Crippen LogP contribution in [-0.2, 0) is 28.6 Å². The molecule has 0 rings (SSSR count). The zero-order chi connectivity index (χ0) is 37.8. The maximum atomic E-state index is 12.6. The summed E-state index contributed by atoms with van der Waals surface area (Å²) in [5.74, 6) is -1.79. The SMILES string of the molecule is CCCCCC/C=C/CCC(=O)OC(COCCC(C(=O)[O-])[N+](C)(C)C)COC(=O)CCCCCCCCCCCCCCCCCCCCC. The van der Waals surface area contributed by atoms with Crippen LogP contribution in [0.25, 0.3) is 0 Å². The Balaban J connectivity index is 4.20. The molecule has 0 aromatic carbocycles. The number of carbonyl (C=O) groups excluding carboxylic acids is 3. The molecule has 0 bridgehead atoms. The summed E-state index contributed by atoms with van der Waals surface area (Å²) in [6, 6.07) is -0.725. The van der Waals surface area contributed by atoms with Gasteiger partial charge in [-0.05, 0) is 25.7 Å². The highest BCUT2D eigenvalue weighted by molar-refractivity contribution is 5.70. The van der Waals surface area contributed by atoms with E-state index in [4.69, 9.17) is 14.2 Å². The number of unbranched alkanes of at least 4 members (excludes halogenated alkanes) is 22. The fourth-order valence-corrected chi connectivity index (χ4v) is 6.32. The monoisotopic (exact) mass is 724 g/mol. The quantitative estimate of drug-likeness (QED) is 0.0271. The van der Waals surface area contributed by atoms with Gasteiger partial charge in [0, 0.05) is 19.3 Å². The second-order valence-corrected chi connectivity index (χ2v) is 15.6. The van der Waals surface area contributed by atoms with Gasteiger partial charge in [-0.1, -0.05) is 161 Å². The zero-order valence-electron chi connectivity index (χ0n) is 34.0. The van der Waals surface area contributed by atoms with Crippen molar-refractivity contribution >= 4 is 17.9 Å². The number of esters is 2. The highest BCUT2D eigenvalue weighted by Crippen LogP contribution is 2.15. The molecule has 0 aromatic heterocycles. The number of ether oxygens (including phenoxy) is 3. The van der Waals surface area contributed by atoms with Gasteiger partial charge < -0.3 is 28.6 Å². The Bertz CT molecular complexity index is 854. The molecule has 2 atom stereocenters. The molecule has 0 amide bonds. The fraction of sp³-hybridized carbons (Fsp3) is 0.884. The van der Waals surface area contributed by atoms with Gasteiger partial charge >= 0.3 is 11.9 Å². The Kier molecular flexibility index (Phi) is 33.8. The predicted octanol–water partition coefficient (Wildman–Crippen LogP) is 9.80. The topological polar surface area (TPSA) is 102 Å². The molecule has 51 heavy (non-hydrogen) atoms. The standard InChI is InChI=1S/C43H81NO7/c1-6-8-10-12-14-16-17-18-19-20-21-22-23-24-25-26-28-29-31-33-41(45)50-38-39(37-49-36-35-40(43(47)48)44(3,4)5)51-42(46)34-32-30-27-15-13-11-9-7-2/h27,30,39-40H,6-26,28-29,31-38H2,1-5H3/b30-27+. The second kappa shape index (κ2) is 35.1. The minimum atomic E-state index is -1.13. The van der Waals surface area contributed by atoms with Crippen LogP contribution in [0.4, 0.5) is 0 Å². The molecule has 0 aliphatic carbocycles. The summed E-state index contributed by atoms with van der Waals surface area (Å²) in [6.45, 7) is 4.59. The van der Waals surface area contributed by atoms with E-state index in [0.717, 1.165) is 32.1 Å². The summed E-state index contributed by atoms with van der Waals surface area (Å²) >= 11 is 0. The van der Waals surface area contributed by atoms with Crippen molar-refractivity contribution in [2.75, 3.05) is 41.0 Å². The first-order valence-electron chi connectivity index (χ1n) is 21.2. The molecular formula is C43H81NO7. The van der Waals surface area contributed by atoms with Gasteiger partial charge in [0.1, 0.15) is 12.6 Å². The summed E-state index contributed by atoms with van der Waals surface area (Å²) < 4.78 is 17.0. The van der Waals surface area contributed by atoms with Crippen molar-refractivity contribution in [1.82, 2.24) is 0 Å². The van der Waals surface area contributed by atoms with Crippen LogP contribution >= 0.6 is 0 Å². The Morgan fingerprint density at radius 1 is 0.569 bits per heavy atom. The van der Waals surface area contributed by atoms with Crippen LogP contribution in [0.15, 0.2) is 12.2 Å². The van der Waals surface area contributed by atoms with Gasteiger partial charge in [-0.15, -0.1) is 0 Å². The number of rotatable bonds is 38. The van der Waals surface area contributed by atoms with Gasteiger partial charge in [0.25, 0.3) is 0 Å². The molecule has 0 aliphatic heterocycles. The van der Waals surface area contributed by atoms with Crippen LogP contribution in [0.1, 0.15) is 194 Å². The zero-order valence-corrected chi connectivity index (χ0v) is 34.0. The lowest BCUT2D eigenvalue weighted by Crippen LogP contribution is -2.55. The smallest absolute Gasteiger partial charge is 0.306 e. The molecule has 0 N–H and O–H groups in total. The van der Waals surface area contributed by atoms with Crippen LogP contribution in [0, 0.1) is 0 Å². The van der Waals surface area contributed by atoms with Crippen LogP contribution in [0.5, 0.6) is 0 Å². The maximum Gasteiger partial charge on any atom is 0.306 e. The summed E-state index contributed by atoms with van der Waals surface area (Å²) in [4.78, 5) is 36.6. The molecule has 8 heteroatoms. The van der Waals surface area contributed by atoms with E-state index in [0.29, 0.717) is 12.8 Å². The highest BCUT2D eigenvalue weighted by atomic mass is 16.6. The van der Waals surface area contributed by atoms with Gasteiger partial charge in [-0.3, -0.25) is 9.59 Å². The minimum absolute atomic E-state index is 0.0302. The summed E-state index contributed by atoms with van der Waals surface area (Å²) in [5, 5.41) is 11.6. The molecule has 0 radical (unpaired) electrons. The fourth-order valence-electron chi connectivity index (χ4n) is 6.32. The van der Waals surface area contributed by atoms with Crippen LogP contribution < -0.4 is 5.11 Å². The number of carboxylic acids is 1.